The number of ether oxygens (including phenoxy) is 2. The van der Waals surface area contributed by atoms with Crippen molar-refractivity contribution >= 4 is 27.5 Å². The van der Waals surface area contributed by atoms with Crippen LogP contribution in [0.25, 0.3) is 0 Å². The second-order valence-corrected chi connectivity index (χ2v) is 6.26. The van der Waals surface area contributed by atoms with Gasteiger partial charge in [-0.25, -0.2) is 0 Å². The predicted molar refractivity (Wildman–Crippen MR) is 78.9 cm³/mol. The van der Waals surface area contributed by atoms with E-state index in [1.807, 2.05) is 0 Å². The summed E-state index contributed by atoms with van der Waals surface area (Å²) >= 11 is 9.45. The Balaban J connectivity index is 2.25. The lowest BCUT2D eigenvalue weighted by Gasteiger charge is -2.42. The zero-order chi connectivity index (χ0) is 14.0. The van der Waals surface area contributed by atoms with Crippen LogP contribution in [0.2, 0.25) is 5.02 Å². The molecule has 0 aromatic heterocycles. The summed E-state index contributed by atoms with van der Waals surface area (Å²) in [4.78, 5) is 0. The van der Waals surface area contributed by atoms with E-state index in [4.69, 9.17) is 21.1 Å². The highest BCUT2D eigenvalue weighted by Gasteiger charge is 2.39. The van der Waals surface area contributed by atoms with Crippen molar-refractivity contribution in [1.29, 1.82) is 0 Å². The quantitative estimate of drug-likeness (QED) is 0.869. The molecule has 0 aliphatic heterocycles. The van der Waals surface area contributed by atoms with Gasteiger partial charge in [-0.15, -0.1) is 0 Å². The van der Waals surface area contributed by atoms with Gasteiger partial charge in [0.05, 0.1) is 23.3 Å². The maximum atomic E-state index is 10.5. The molecule has 0 bridgehead atoms. The first-order valence-electron chi connectivity index (χ1n) is 6.27. The topological polar surface area (TPSA) is 38.7 Å². The number of hydrogen-bond donors (Lipinski definition) is 1. The smallest absolute Gasteiger partial charge is 0.138 e. The molecular formula is C14H18BrClO3. The molecule has 3 nitrogen and oxygen atoms in total. The van der Waals surface area contributed by atoms with E-state index in [0.29, 0.717) is 22.8 Å². The number of rotatable bonds is 5. The van der Waals surface area contributed by atoms with Crippen LogP contribution in [0.4, 0.5) is 0 Å². The van der Waals surface area contributed by atoms with Gasteiger partial charge in [0.15, 0.2) is 0 Å². The predicted octanol–water partition coefficient (Wildman–Crippen LogP) is 4.10. The molecular weight excluding hydrogens is 332 g/mol. The van der Waals surface area contributed by atoms with Crippen LogP contribution in [0.3, 0.4) is 0 Å². The van der Waals surface area contributed by atoms with Crippen molar-refractivity contribution in [2.45, 2.75) is 37.4 Å². The lowest BCUT2D eigenvalue weighted by atomic mass is 9.75. The average molecular weight is 350 g/mol. The summed E-state index contributed by atoms with van der Waals surface area (Å²) in [6, 6.07) is 3.50. The molecule has 1 aliphatic carbocycles. The van der Waals surface area contributed by atoms with E-state index in [1.165, 1.54) is 0 Å². The zero-order valence-electron chi connectivity index (χ0n) is 11.1. The molecule has 2 rings (SSSR count). The van der Waals surface area contributed by atoms with Crippen LogP contribution in [0, 0.1) is 0 Å². The largest absolute Gasteiger partial charge is 0.495 e. The normalized spacial score (nSPS) is 18.8. The summed E-state index contributed by atoms with van der Waals surface area (Å²) in [5.74, 6) is 0.627. The minimum atomic E-state index is -0.648. The van der Waals surface area contributed by atoms with Crippen LogP contribution in [-0.2, 0) is 4.74 Å². The molecule has 1 aromatic rings. The highest BCUT2D eigenvalue weighted by molar-refractivity contribution is 9.10. The molecule has 0 heterocycles. The van der Waals surface area contributed by atoms with Crippen molar-refractivity contribution in [2.75, 3.05) is 14.2 Å². The zero-order valence-corrected chi connectivity index (χ0v) is 13.4. The summed E-state index contributed by atoms with van der Waals surface area (Å²) < 4.78 is 11.6. The van der Waals surface area contributed by atoms with Gasteiger partial charge >= 0.3 is 0 Å². The summed E-state index contributed by atoms with van der Waals surface area (Å²) in [6.45, 7) is 0. The van der Waals surface area contributed by atoms with E-state index < -0.39 is 6.10 Å². The van der Waals surface area contributed by atoms with Gasteiger partial charge in [0.1, 0.15) is 5.75 Å². The molecule has 5 heteroatoms. The molecule has 19 heavy (non-hydrogen) atoms. The van der Waals surface area contributed by atoms with Gasteiger partial charge in [0.2, 0.25) is 0 Å². The molecule has 1 saturated carbocycles. The molecule has 1 aromatic carbocycles. The van der Waals surface area contributed by atoms with E-state index in [1.54, 1.807) is 26.4 Å². The van der Waals surface area contributed by atoms with Crippen molar-refractivity contribution in [2.24, 2.45) is 0 Å². The Morgan fingerprint density at radius 3 is 2.58 bits per heavy atom. The summed E-state index contributed by atoms with van der Waals surface area (Å²) in [5, 5.41) is 11.0. The van der Waals surface area contributed by atoms with Gasteiger partial charge in [-0.2, -0.15) is 0 Å². The van der Waals surface area contributed by atoms with E-state index in [0.717, 1.165) is 23.7 Å². The van der Waals surface area contributed by atoms with Crippen molar-refractivity contribution in [1.82, 2.24) is 0 Å². The highest BCUT2D eigenvalue weighted by atomic mass is 79.9. The third-order valence-corrected chi connectivity index (χ3v) is 4.67. The Hall–Kier alpha value is -0.290. The van der Waals surface area contributed by atoms with Gasteiger partial charge < -0.3 is 14.6 Å². The minimum absolute atomic E-state index is 0.195. The number of hydrogen-bond acceptors (Lipinski definition) is 3. The first-order chi connectivity index (χ1) is 9.01. The number of methoxy groups -OCH3 is 2. The number of halogens is 2. The Labute approximate surface area is 127 Å². The minimum Gasteiger partial charge on any atom is -0.495 e. The van der Waals surface area contributed by atoms with E-state index in [2.05, 4.69) is 15.9 Å². The van der Waals surface area contributed by atoms with Gasteiger partial charge in [0.25, 0.3) is 0 Å². The van der Waals surface area contributed by atoms with Gasteiger partial charge in [-0.05, 0) is 47.3 Å². The van der Waals surface area contributed by atoms with E-state index >= 15 is 0 Å². The Morgan fingerprint density at radius 2 is 2.11 bits per heavy atom. The average Bonchev–Trinajstić information content (AvgIpc) is 2.32. The van der Waals surface area contributed by atoms with Crippen molar-refractivity contribution in [3.8, 4) is 5.75 Å². The SMILES string of the molecule is COc1c(Br)cc(Cl)cc1C(O)CC1(OC)CCC1. The van der Waals surface area contributed by atoms with Gasteiger partial charge in [-0.1, -0.05) is 11.6 Å². The molecule has 1 unspecified atom stereocenters. The Morgan fingerprint density at radius 1 is 1.42 bits per heavy atom. The van der Waals surface area contributed by atoms with Crippen molar-refractivity contribution in [3.05, 3.63) is 27.2 Å². The first-order valence-corrected chi connectivity index (χ1v) is 7.44. The van der Waals surface area contributed by atoms with E-state index in [9.17, 15) is 5.11 Å². The lowest BCUT2D eigenvalue weighted by Crippen LogP contribution is -2.40. The molecule has 0 radical (unpaired) electrons. The fourth-order valence-corrected chi connectivity index (χ4v) is 3.56. The molecule has 106 valence electrons. The molecule has 1 N–H and O–H groups in total. The highest BCUT2D eigenvalue weighted by Crippen LogP contribution is 2.44. The standard InChI is InChI=1S/C14H18BrClO3/c1-18-13-10(6-9(16)7-11(13)15)12(17)8-14(19-2)4-3-5-14/h6-7,12,17H,3-5,8H2,1-2H3. The van der Waals surface area contributed by atoms with Crippen LogP contribution in [0.15, 0.2) is 16.6 Å². The van der Waals surface area contributed by atoms with Crippen LogP contribution in [0.1, 0.15) is 37.4 Å². The van der Waals surface area contributed by atoms with Crippen LogP contribution in [0.5, 0.6) is 5.75 Å². The summed E-state index contributed by atoms with van der Waals surface area (Å²) in [5.41, 5.74) is 0.504. The third kappa shape index (κ3) is 3.07. The molecule has 1 fully saturated rings. The summed E-state index contributed by atoms with van der Waals surface area (Å²) in [7, 11) is 3.29. The number of benzene rings is 1. The van der Waals surface area contributed by atoms with E-state index in [-0.39, 0.29) is 5.60 Å². The van der Waals surface area contributed by atoms with Crippen molar-refractivity contribution in [3.63, 3.8) is 0 Å². The molecule has 0 saturated heterocycles. The second kappa shape index (κ2) is 6.00. The molecule has 0 amide bonds. The molecule has 1 atom stereocenters. The van der Waals surface area contributed by atoms with Crippen LogP contribution < -0.4 is 4.74 Å². The van der Waals surface area contributed by atoms with Crippen LogP contribution in [-0.4, -0.2) is 24.9 Å². The van der Waals surface area contributed by atoms with Crippen molar-refractivity contribution < 1.29 is 14.6 Å². The monoisotopic (exact) mass is 348 g/mol. The second-order valence-electron chi connectivity index (χ2n) is 4.97. The number of aliphatic hydroxyl groups excluding tert-OH is 1. The number of aliphatic hydroxyl groups is 1. The maximum absolute atomic E-state index is 10.5. The molecule has 0 spiro atoms. The fraction of sp³-hybridized carbons (Fsp3) is 0.571. The maximum Gasteiger partial charge on any atom is 0.138 e. The summed E-state index contributed by atoms with van der Waals surface area (Å²) in [6.07, 6.45) is 3.05. The third-order valence-electron chi connectivity index (χ3n) is 3.86. The lowest BCUT2D eigenvalue weighted by molar-refractivity contribution is -0.100. The van der Waals surface area contributed by atoms with Gasteiger partial charge in [-0.3, -0.25) is 0 Å². The molecule has 1 aliphatic rings. The first kappa shape index (κ1) is 15.1. The Kier molecular flexibility index (Phi) is 4.77. The van der Waals surface area contributed by atoms with Crippen LogP contribution >= 0.6 is 27.5 Å². The fourth-order valence-electron chi connectivity index (χ4n) is 2.57. The van der Waals surface area contributed by atoms with Gasteiger partial charge in [0, 0.05) is 24.1 Å². The Bertz CT molecular complexity index is 455.